The van der Waals surface area contributed by atoms with Crippen LogP contribution in [-0.2, 0) is 11.2 Å². The molecule has 1 saturated heterocycles. The summed E-state index contributed by atoms with van der Waals surface area (Å²) in [5.41, 5.74) is 9.07. The van der Waals surface area contributed by atoms with Gasteiger partial charge in [0.25, 0.3) is 5.91 Å². The molecule has 1 aliphatic rings. The van der Waals surface area contributed by atoms with Crippen molar-refractivity contribution < 1.29 is 4.79 Å². The third-order valence-electron chi connectivity index (χ3n) is 5.58. The second-order valence-corrected chi connectivity index (χ2v) is 8.98. The van der Waals surface area contributed by atoms with Crippen molar-refractivity contribution in [3.05, 3.63) is 87.1 Å². The van der Waals surface area contributed by atoms with Crippen molar-refractivity contribution in [2.45, 2.75) is 41.0 Å². The van der Waals surface area contributed by atoms with E-state index in [1.165, 1.54) is 34.1 Å². The van der Waals surface area contributed by atoms with Gasteiger partial charge in [-0.05, 0) is 92.9 Å². The lowest BCUT2D eigenvalue weighted by molar-refractivity contribution is -0.115. The highest BCUT2D eigenvalue weighted by Crippen LogP contribution is 2.31. The number of rotatable bonds is 4. The third-order valence-corrected chi connectivity index (χ3v) is 6.49. The van der Waals surface area contributed by atoms with Crippen LogP contribution in [0.4, 0.5) is 5.69 Å². The van der Waals surface area contributed by atoms with Crippen molar-refractivity contribution in [2.24, 2.45) is 4.99 Å². The number of hydrogen-bond donors (Lipinski definition) is 1. The molecule has 2 aromatic carbocycles. The Morgan fingerprint density at radius 3 is 2.45 bits per heavy atom. The van der Waals surface area contributed by atoms with Crippen molar-refractivity contribution >= 4 is 34.6 Å². The van der Waals surface area contributed by atoms with Gasteiger partial charge in [-0.1, -0.05) is 36.8 Å². The Labute approximate surface area is 188 Å². The zero-order chi connectivity index (χ0) is 22.1. The summed E-state index contributed by atoms with van der Waals surface area (Å²) in [5.74, 6) is -0.106. The van der Waals surface area contributed by atoms with E-state index in [4.69, 9.17) is 0 Å². The van der Waals surface area contributed by atoms with Crippen molar-refractivity contribution in [1.82, 2.24) is 9.88 Å². The highest BCUT2D eigenvalue weighted by Gasteiger charge is 2.24. The Morgan fingerprint density at radius 1 is 1.03 bits per heavy atom. The lowest BCUT2D eigenvalue weighted by Crippen LogP contribution is -2.19. The van der Waals surface area contributed by atoms with E-state index in [-0.39, 0.29) is 5.91 Å². The first-order valence-electron chi connectivity index (χ1n) is 10.5. The van der Waals surface area contributed by atoms with Crippen LogP contribution in [-0.4, -0.2) is 15.6 Å². The summed E-state index contributed by atoms with van der Waals surface area (Å²) >= 11 is 1.38. The summed E-state index contributed by atoms with van der Waals surface area (Å²) in [6.07, 6.45) is 2.96. The Morgan fingerprint density at radius 2 is 1.77 bits per heavy atom. The first-order valence-corrected chi connectivity index (χ1v) is 11.3. The number of amides is 1. The maximum absolute atomic E-state index is 12.6. The van der Waals surface area contributed by atoms with Gasteiger partial charge in [0, 0.05) is 17.1 Å². The van der Waals surface area contributed by atoms with Crippen molar-refractivity contribution in [3.8, 4) is 5.69 Å². The minimum absolute atomic E-state index is 0.106. The Kier molecular flexibility index (Phi) is 5.88. The fourth-order valence-electron chi connectivity index (χ4n) is 3.91. The molecule has 1 fully saturated rings. The van der Waals surface area contributed by atoms with E-state index in [0.29, 0.717) is 10.1 Å². The zero-order valence-corrected chi connectivity index (χ0v) is 19.4. The average Bonchev–Trinajstić information content (AvgIpc) is 3.21. The normalized spacial score (nSPS) is 16.4. The van der Waals surface area contributed by atoms with Gasteiger partial charge < -0.3 is 9.88 Å². The largest absolute Gasteiger partial charge is 0.318 e. The number of aryl methyl sites for hydroxylation is 4. The topological polar surface area (TPSA) is 46.4 Å². The summed E-state index contributed by atoms with van der Waals surface area (Å²) in [6, 6.07) is 16.7. The second kappa shape index (κ2) is 8.60. The summed E-state index contributed by atoms with van der Waals surface area (Å²) in [6.45, 7) is 10.6. The number of amidine groups is 1. The number of thioether (sulfide) groups is 1. The molecule has 0 bridgehead atoms. The van der Waals surface area contributed by atoms with Gasteiger partial charge >= 0.3 is 0 Å². The molecule has 2 heterocycles. The molecule has 4 rings (SSSR count). The Bertz CT molecular complexity index is 1220. The monoisotopic (exact) mass is 429 g/mol. The van der Waals surface area contributed by atoms with Crippen LogP contribution < -0.4 is 5.32 Å². The third kappa shape index (κ3) is 4.37. The molecule has 0 radical (unpaired) electrons. The smallest absolute Gasteiger partial charge is 0.264 e. The maximum Gasteiger partial charge on any atom is 0.264 e. The molecule has 0 spiro atoms. The highest BCUT2D eigenvalue weighted by molar-refractivity contribution is 8.18. The number of aliphatic imine (C=N–C) groups is 1. The molecule has 1 aliphatic heterocycles. The average molecular weight is 430 g/mol. The SMILES string of the molecule is CCc1ccc(N=C2NC(=O)/C(=C/c3cc(C)n(-c4ccc(C)cc4C)c3C)S2)cc1. The minimum atomic E-state index is -0.106. The predicted octanol–water partition coefficient (Wildman–Crippen LogP) is 6.16. The van der Waals surface area contributed by atoms with Gasteiger partial charge in [-0.3, -0.25) is 4.79 Å². The maximum atomic E-state index is 12.6. The lowest BCUT2D eigenvalue weighted by atomic mass is 10.1. The Balaban J connectivity index is 1.63. The van der Waals surface area contributed by atoms with Gasteiger partial charge in [-0.2, -0.15) is 0 Å². The molecule has 3 aromatic rings. The first-order chi connectivity index (χ1) is 14.9. The summed E-state index contributed by atoms with van der Waals surface area (Å²) in [5, 5.41) is 3.50. The van der Waals surface area contributed by atoms with E-state index in [0.717, 1.165) is 29.1 Å². The molecule has 31 heavy (non-hydrogen) atoms. The van der Waals surface area contributed by atoms with Crippen LogP contribution in [0.1, 0.15) is 40.6 Å². The van der Waals surface area contributed by atoms with Gasteiger partial charge in [0.2, 0.25) is 0 Å². The number of carbonyl (C=O) groups is 1. The fourth-order valence-corrected chi connectivity index (χ4v) is 4.74. The van der Waals surface area contributed by atoms with Gasteiger partial charge in [-0.15, -0.1) is 0 Å². The van der Waals surface area contributed by atoms with Gasteiger partial charge in [0.15, 0.2) is 5.17 Å². The van der Waals surface area contributed by atoms with Gasteiger partial charge in [-0.25, -0.2) is 4.99 Å². The van der Waals surface area contributed by atoms with E-state index in [1.54, 1.807) is 0 Å². The molecule has 0 atom stereocenters. The van der Waals surface area contributed by atoms with Crippen LogP contribution in [0.3, 0.4) is 0 Å². The molecular formula is C26H27N3OS. The summed E-state index contributed by atoms with van der Waals surface area (Å²) in [7, 11) is 0. The molecule has 1 aromatic heterocycles. The van der Waals surface area contributed by atoms with E-state index in [1.807, 2.05) is 18.2 Å². The summed E-state index contributed by atoms with van der Waals surface area (Å²) < 4.78 is 2.25. The number of carbonyl (C=O) groups excluding carboxylic acids is 1. The van der Waals surface area contributed by atoms with Crippen LogP contribution in [0.2, 0.25) is 0 Å². The van der Waals surface area contributed by atoms with E-state index in [9.17, 15) is 4.79 Å². The van der Waals surface area contributed by atoms with E-state index in [2.05, 4.69) is 85.9 Å². The van der Waals surface area contributed by atoms with E-state index >= 15 is 0 Å². The van der Waals surface area contributed by atoms with Gasteiger partial charge in [0.1, 0.15) is 0 Å². The molecule has 1 amide bonds. The van der Waals surface area contributed by atoms with E-state index < -0.39 is 0 Å². The van der Waals surface area contributed by atoms with Crippen LogP contribution in [0.5, 0.6) is 0 Å². The minimum Gasteiger partial charge on any atom is -0.318 e. The molecule has 1 N–H and O–H groups in total. The molecule has 4 nitrogen and oxygen atoms in total. The molecular weight excluding hydrogens is 402 g/mol. The number of aromatic nitrogens is 1. The van der Waals surface area contributed by atoms with Crippen LogP contribution in [0.15, 0.2) is 58.4 Å². The number of hydrogen-bond acceptors (Lipinski definition) is 3. The van der Waals surface area contributed by atoms with Crippen molar-refractivity contribution in [1.29, 1.82) is 0 Å². The first kappa shape index (κ1) is 21.2. The van der Waals surface area contributed by atoms with Crippen molar-refractivity contribution in [3.63, 3.8) is 0 Å². The highest BCUT2D eigenvalue weighted by atomic mass is 32.2. The van der Waals surface area contributed by atoms with Crippen molar-refractivity contribution in [2.75, 3.05) is 0 Å². The Hall–Kier alpha value is -3.05. The molecule has 0 aliphatic carbocycles. The number of nitrogens with zero attached hydrogens (tertiary/aromatic N) is 2. The lowest BCUT2D eigenvalue weighted by Gasteiger charge is -2.13. The fraction of sp³-hybridized carbons (Fsp3) is 0.231. The van der Waals surface area contributed by atoms with Crippen LogP contribution in [0, 0.1) is 27.7 Å². The molecule has 0 saturated carbocycles. The standard InChI is InChI=1S/C26H27N3OS/c1-6-20-8-10-22(11-9-20)27-26-28-25(30)24(31-26)15-21-14-18(4)29(19(21)5)23-12-7-16(2)13-17(23)3/h7-15H,6H2,1-5H3,(H,27,28,30)/b24-15-. The predicted molar refractivity (Wildman–Crippen MR) is 131 cm³/mol. The van der Waals surface area contributed by atoms with Crippen LogP contribution in [0.25, 0.3) is 11.8 Å². The molecule has 158 valence electrons. The summed E-state index contributed by atoms with van der Waals surface area (Å²) in [4.78, 5) is 17.8. The second-order valence-electron chi connectivity index (χ2n) is 7.95. The quantitative estimate of drug-likeness (QED) is 0.505. The van der Waals surface area contributed by atoms with Crippen LogP contribution >= 0.6 is 11.8 Å². The van der Waals surface area contributed by atoms with Gasteiger partial charge in [0.05, 0.1) is 10.6 Å². The molecule has 5 heteroatoms. The number of benzene rings is 2. The number of nitrogens with one attached hydrogen (secondary N) is 1. The zero-order valence-electron chi connectivity index (χ0n) is 18.6. The molecule has 0 unspecified atom stereocenters.